The summed E-state index contributed by atoms with van der Waals surface area (Å²) in [6.45, 7) is 4.33. The molecule has 6 rings (SSSR count). The van der Waals surface area contributed by atoms with Gasteiger partial charge in [0.15, 0.2) is 11.5 Å². The van der Waals surface area contributed by atoms with Crippen molar-refractivity contribution in [3.05, 3.63) is 94.9 Å². The third-order valence-corrected chi connectivity index (χ3v) is 9.69. The van der Waals surface area contributed by atoms with Crippen LogP contribution in [0.4, 0.5) is 0 Å². The van der Waals surface area contributed by atoms with Crippen molar-refractivity contribution in [2.45, 2.75) is 19.3 Å². The molecule has 0 aromatic heterocycles. The Hall–Kier alpha value is -4.38. The van der Waals surface area contributed by atoms with E-state index in [2.05, 4.69) is 47.4 Å². The highest BCUT2D eigenvalue weighted by atomic mass is 32.2. The van der Waals surface area contributed by atoms with Gasteiger partial charge in [-0.25, -0.2) is 4.79 Å². The first kappa shape index (κ1) is 32.6. The largest absolute Gasteiger partial charge is 0.493 e. The lowest BCUT2D eigenvalue weighted by Gasteiger charge is -2.17. The lowest BCUT2D eigenvalue weighted by molar-refractivity contribution is -0.122. The van der Waals surface area contributed by atoms with Gasteiger partial charge >= 0.3 is 5.97 Å². The minimum absolute atomic E-state index is 0.113. The number of benzene rings is 4. The number of aromatic carboxylic acids is 1. The standard InChI is InChI=1S/C37H36N2O6S2/c1-43-33-23-29(36(41)42)12-14-32(33)44-19-6-17-39-35(40)34(47-37(39)46)24-30-22-28(27-10-9-25-7-2-3-8-26(25)21-27)11-13-31(30)45-20-18-38-15-4-5-16-38/h2-3,7-14,21-24H,4-6,15-20H2,1H3,(H,41,42). The number of hydrogen-bond acceptors (Lipinski definition) is 8. The summed E-state index contributed by atoms with van der Waals surface area (Å²) >= 11 is 6.90. The molecular weight excluding hydrogens is 633 g/mol. The Balaban J connectivity index is 1.17. The smallest absolute Gasteiger partial charge is 0.335 e. The summed E-state index contributed by atoms with van der Waals surface area (Å²) in [6.07, 6.45) is 4.87. The van der Waals surface area contributed by atoms with Crippen LogP contribution in [-0.4, -0.2) is 77.6 Å². The maximum Gasteiger partial charge on any atom is 0.335 e. The second kappa shape index (κ2) is 15.0. The zero-order valence-corrected chi connectivity index (χ0v) is 27.8. The van der Waals surface area contributed by atoms with E-state index in [1.807, 2.05) is 24.3 Å². The molecule has 0 unspecified atom stereocenters. The average molecular weight is 669 g/mol. The molecule has 0 atom stereocenters. The normalized spacial score (nSPS) is 15.9. The third kappa shape index (κ3) is 7.78. The molecule has 47 heavy (non-hydrogen) atoms. The van der Waals surface area contributed by atoms with Crippen molar-refractivity contribution in [2.24, 2.45) is 0 Å². The number of carbonyl (C=O) groups is 2. The molecule has 4 aromatic carbocycles. The van der Waals surface area contributed by atoms with E-state index in [0.29, 0.717) is 46.9 Å². The van der Waals surface area contributed by atoms with Gasteiger partial charge < -0.3 is 19.3 Å². The van der Waals surface area contributed by atoms with Gasteiger partial charge in [0, 0.05) is 18.7 Å². The van der Waals surface area contributed by atoms with Crippen LogP contribution < -0.4 is 14.2 Å². The Morgan fingerprint density at radius 3 is 2.38 bits per heavy atom. The SMILES string of the molecule is COc1cc(C(=O)O)ccc1OCCCN1C(=O)C(=Cc2cc(-c3ccc4ccccc4c3)ccc2OCCN2CCCC2)SC1=S. The molecule has 2 fully saturated rings. The number of methoxy groups -OCH3 is 1. The van der Waals surface area contributed by atoms with E-state index in [0.717, 1.165) is 47.5 Å². The predicted octanol–water partition coefficient (Wildman–Crippen LogP) is 7.36. The fourth-order valence-electron chi connectivity index (χ4n) is 5.79. The molecule has 4 aromatic rings. The summed E-state index contributed by atoms with van der Waals surface area (Å²) in [4.78, 5) is 29.4. The van der Waals surface area contributed by atoms with Crippen LogP contribution >= 0.6 is 24.0 Å². The molecule has 1 N–H and O–H groups in total. The van der Waals surface area contributed by atoms with Crippen LogP contribution in [-0.2, 0) is 4.79 Å². The number of amides is 1. The number of carboxylic acids is 1. The minimum atomic E-state index is -1.04. The van der Waals surface area contributed by atoms with Gasteiger partial charge in [-0.05, 0) is 96.7 Å². The van der Waals surface area contributed by atoms with E-state index in [-0.39, 0.29) is 11.5 Å². The van der Waals surface area contributed by atoms with Gasteiger partial charge in [0.25, 0.3) is 5.91 Å². The van der Waals surface area contributed by atoms with Crippen LogP contribution in [0, 0.1) is 0 Å². The molecule has 2 aliphatic rings. The van der Waals surface area contributed by atoms with E-state index in [1.54, 1.807) is 11.0 Å². The van der Waals surface area contributed by atoms with Crippen LogP contribution in [0.25, 0.3) is 28.0 Å². The number of thioether (sulfide) groups is 1. The maximum absolute atomic E-state index is 13.6. The average Bonchev–Trinajstić information content (AvgIpc) is 3.70. The lowest BCUT2D eigenvalue weighted by atomic mass is 9.99. The summed E-state index contributed by atoms with van der Waals surface area (Å²) in [7, 11) is 1.46. The zero-order valence-electron chi connectivity index (χ0n) is 26.1. The number of ether oxygens (including phenoxy) is 3. The van der Waals surface area contributed by atoms with E-state index < -0.39 is 5.97 Å². The monoisotopic (exact) mass is 668 g/mol. The molecule has 2 heterocycles. The molecule has 2 aliphatic heterocycles. The molecular formula is C37H36N2O6S2. The fourth-order valence-corrected chi connectivity index (χ4v) is 7.09. The molecule has 0 spiro atoms. The second-order valence-corrected chi connectivity index (χ2v) is 13.1. The number of carbonyl (C=O) groups excluding carboxylic acids is 1. The first-order valence-electron chi connectivity index (χ1n) is 15.7. The Morgan fingerprint density at radius 1 is 0.872 bits per heavy atom. The molecule has 8 nitrogen and oxygen atoms in total. The van der Waals surface area contributed by atoms with Crippen molar-refractivity contribution < 1.29 is 28.9 Å². The summed E-state index contributed by atoms with van der Waals surface area (Å²) in [5.41, 5.74) is 3.07. The minimum Gasteiger partial charge on any atom is -0.493 e. The molecule has 1 amide bonds. The first-order chi connectivity index (χ1) is 22.9. The lowest BCUT2D eigenvalue weighted by Crippen LogP contribution is -2.30. The number of nitrogens with zero attached hydrogens (tertiary/aromatic N) is 2. The molecule has 2 saturated heterocycles. The molecule has 0 aliphatic carbocycles. The topological polar surface area (TPSA) is 88.5 Å². The van der Waals surface area contributed by atoms with Gasteiger partial charge in [0.05, 0.1) is 24.2 Å². The van der Waals surface area contributed by atoms with Crippen molar-refractivity contribution in [3.63, 3.8) is 0 Å². The quantitative estimate of drug-likeness (QED) is 0.0892. The predicted molar refractivity (Wildman–Crippen MR) is 190 cm³/mol. The zero-order chi connectivity index (χ0) is 32.8. The van der Waals surface area contributed by atoms with Gasteiger partial charge in [-0.2, -0.15) is 0 Å². The number of hydrogen-bond donors (Lipinski definition) is 1. The van der Waals surface area contributed by atoms with Crippen LogP contribution in [0.1, 0.15) is 35.2 Å². The van der Waals surface area contributed by atoms with Crippen LogP contribution in [0.3, 0.4) is 0 Å². The van der Waals surface area contributed by atoms with Crippen molar-refractivity contribution >= 4 is 57.0 Å². The van der Waals surface area contributed by atoms with Crippen molar-refractivity contribution in [1.82, 2.24) is 9.80 Å². The van der Waals surface area contributed by atoms with E-state index >= 15 is 0 Å². The van der Waals surface area contributed by atoms with Crippen LogP contribution in [0.2, 0.25) is 0 Å². The van der Waals surface area contributed by atoms with Gasteiger partial charge in [-0.3, -0.25) is 14.6 Å². The third-order valence-electron chi connectivity index (χ3n) is 8.31. The summed E-state index contributed by atoms with van der Waals surface area (Å²) in [5, 5.41) is 11.6. The number of carboxylic acid groups (broad SMARTS) is 1. The summed E-state index contributed by atoms with van der Waals surface area (Å²) < 4.78 is 17.9. The highest BCUT2D eigenvalue weighted by molar-refractivity contribution is 8.26. The van der Waals surface area contributed by atoms with Crippen LogP contribution in [0.15, 0.2) is 83.8 Å². The van der Waals surface area contributed by atoms with Crippen molar-refractivity contribution in [2.75, 3.05) is 46.5 Å². The molecule has 0 bridgehead atoms. The van der Waals surface area contributed by atoms with E-state index in [1.165, 1.54) is 49.2 Å². The van der Waals surface area contributed by atoms with Gasteiger partial charge in [0.1, 0.15) is 16.7 Å². The van der Waals surface area contributed by atoms with Gasteiger partial charge in [0.2, 0.25) is 0 Å². The Kier molecular flexibility index (Phi) is 10.4. The highest BCUT2D eigenvalue weighted by Crippen LogP contribution is 2.36. The van der Waals surface area contributed by atoms with Gasteiger partial charge in [-0.15, -0.1) is 0 Å². The molecule has 10 heteroatoms. The molecule has 242 valence electrons. The van der Waals surface area contributed by atoms with E-state index in [4.69, 9.17) is 26.4 Å². The Morgan fingerprint density at radius 2 is 1.60 bits per heavy atom. The highest BCUT2D eigenvalue weighted by Gasteiger charge is 2.32. The van der Waals surface area contributed by atoms with Crippen molar-refractivity contribution in [3.8, 4) is 28.4 Å². The Labute approximate surface area is 283 Å². The van der Waals surface area contributed by atoms with E-state index in [9.17, 15) is 14.7 Å². The number of rotatable bonds is 13. The molecule has 0 radical (unpaired) electrons. The summed E-state index contributed by atoms with van der Waals surface area (Å²) in [5.74, 6) is 0.311. The van der Waals surface area contributed by atoms with Crippen molar-refractivity contribution in [1.29, 1.82) is 0 Å². The first-order valence-corrected chi connectivity index (χ1v) is 16.9. The second-order valence-electron chi connectivity index (χ2n) is 11.4. The number of thiocarbonyl (C=S) groups is 1. The van der Waals surface area contributed by atoms with Crippen LogP contribution in [0.5, 0.6) is 17.2 Å². The fraction of sp³-hybridized carbons (Fsp3) is 0.270. The number of likely N-dealkylation sites (tertiary alicyclic amines) is 1. The maximum atomic E-state index is 13.6. The summed E-state index contributed by atoms with van der Waals surface area (Å²) in [6, 6.07) is 25.3. The Bertz CT molecular complexity index is 1840. The number of fused-ring (bicyclic) bond motifs is 1. The van der Waals surface area contributed by atoms with Gasteiger partial charge in [-0.1, -0.05) is 66.4 Å². The molecule has 0 saturated carbocycles.